The molecule has 21 heavy (non-hydrogen) atoms. The third kappa shape index (κ3) is 2.70. The fourth-order valence-electron chi connectivity index (χ4n) is 2.94. The zero-order valence-electron chi connectivity index (χ0n) is 11.9. The van der Waals surface area contributed by atoms with Crippen molar-refractivity contribution in [1.29, 1.82) is 0 Å². The first-order chi connectivity index (χ1) is 10.1. The van der Waals surface area contributed by atoms with Crippen molar-refractivity contribution in [3.05, 3.63) is 59.2 Å². The van der Waals surface area contributed by atoms with Gasteiger partial charge in [0.15, 0.2) is 0 Å². The summed E-state index contributed by atoms with van der Waals surface area (Å²) in [5, 5.41) is 0. The number of fused-ring (bicyclic) bond motifs is 1. The largest absolute Gasteiger partial charge is 0.399 e. The maximum atomic E-state index is 11.7. The molecule has 0 aliphatic carbocycles. The van der Waals surface area contributed by atoms with Gasteiger partial charge >= 0.3 is 0 Å². The summed E-state index contributed by atoms with van der Waals surface area (Å²) in [4.78, 5) is 13.9. The Morgan fingerprint density at radius 2 is 1.62 bits per heavy atom. The van der Waals surface area contributed by atoms with Crippen LogP contribution < -0.4 is 16.4 Å². The van der Waals surface area contributed by atoms with Gasteiger partial charge in [0, 0.05) is 24.5 Å². The lowest BCUT2D eigenvalue weighted by Crippen LogP contribution is -2.29. The molecule has 108 valence electrons. The third-order valence-electron chi connectivity index (χ3n) is 4.05. The topological polar surface area (TPSA) is 72.3 Å². The quantitative estimate of drug-likeness (QED) is 0.827. The van der Waals surface area contributed by atoms with Crippen molar-refractivity contribution in [3.63, 3.8) is 0 Å². The molecule has 2 aromatic rings. The van der Waals surface area contributed by atoms with Gasteiger partial charge in [-0.25, -0.2) is 0 Å². The van der Waals surface area contributed by atoms with Gasteiger partial charge < -0.3 is 16.4 Å². The summed E-state index contributed by atoms with van der Waals surface area (Å²) in [5.74, 6) is -0.431. The molecule has 1 aliphatic heterocycles. The first kappa shape index (κ1) is 13.5. The van der Waals surface area contributed by atoms with Gasteiger partial charge in [-0.05, 0) is 42.2 Å². The highest BCUT2D eigenvalue weighted by atomic mass is 16.1. The summed E-state index contributed by atoms with van der Waals surface area (Å²) in [6, 6.07) is 13.9. The molecule has 1 heterocycles. The van der Waals surface area contributed by atoms with E-state index in [2.05, 4.69) is 29.2 Å². The van der Waals surface area contributed by atoms with E-state index in [9.17, 15) is 4.79 Å². The highest BCUT2D eigenvalue weighted by molar-refractivity contribution is 5.99. The Labute approximate surface area is 124 Å². The average molecular weight is 281 g/mol. The number of amides is 1. The van der Waals surface area contributed by atoms with E-state index in [4.69, 9.17) is 11.5 Å². The Morgan fingerprint density at radius 1 is 1.00 bits per heavy atom. The number of nitrogens with zero attached hydrogens (tertiary/aromatic N) is 1. The molecular weight excluding hydrogens is 262 g/mol. The molecule has 1 aliphatic rings. The second kappa shape index (κ2) is 5.48. The van der Waals surface area contributed by atoms with Crippen LogP contribution in [0.1, 0.15) is 21.5 Å². The molecule has 4 heteroatoms. The number of carbonyl (C=O) groups excluding carboxylic acids is 1. The SMILES string of the molecule is NC(=O)c1cc(N)ccc1N1CCc2ccccc2CC1. The molecule has 0 saturated carbocycles. The molecule has 1 amide bonds. The third-order valence-corrected chi connectivity index (χ3v) is 4.05. The van der Waals surface area contributed by atoms with Gasteiger partial charge in [0.05, 0.1) is 5.56 Å². The lowest BCUT2D eigenvalue weighted by molar-refractivity contribution is 0.100. The Hall–Kier alpha value is -2.49. The molecule has 3 rings (SSSR count). The summed E-state index contributed by atoms with van der Waals surface area (Å²) in [6.07, 6.45) is 1.94. The van der Waals surface area contributed by atoms with Gasteiger partial charge in [-0.3, -0.25) is 4.79 Å². The van der Waals surface area contributed by atoms with Gasteiger partial charge in [0.2, 0.25) is 0 Å². The Morgan fingerprint density at radius 3 is 2.19 bits per heavy atom. The lowest BCUT2D eigenvalue weighted by Gasteiger charge is -2.24. The molecule has 0 atom stereocenters. The minimum atomic E-state index is -0.431. The van der Waals surface area contributed by atoms with Crippen LogP contribution in [0.25, 0.3) is 0 Å². The van der Waals surface area contributed by atoms with Crippen molar-refractivity contribution in [3.8, 4) is 0 Å². The predicted octanol–water partition coefficient (Wildman–Crippen LogP) is 1.97. The smallest absolute Gasteiger partial charge is 0.250 e. The predicted molar refractivity (Wildman–Crippen MR) is 85.4 cm³/mol. The van der Waals surface area contributed by atoms with E-state index in [-0.39, 0.29) is 0 Å². The summed E-state index contributed by atoms with van der Waals surface area (Å²) >= 11 is 0. The van der Waals surface area contributed by atoms with Crippen molar-refractivity contribution in [2.75, 3.05) is 23.7 Å². The monoisotopic (exact) mass is 281 g/mol. The lowest BCUT2D eigenvalue weighted by atomic mass is 10.0. The number of nitrogens with two attached hydrogens (primary N) is 2. The fourth-order valence-corrected chi connectivity index (χ4v) is 2.94. The van der Waals surface area contributed by atoms with Gasteiger partial charge in [-0.2, -0.15) is 0 Å². The zero-order valence-corrected chi connectivity index (χ0v) is 11.9. The van der Waals surface area contributed by atoms with Gasteiger partial charge in [-0.1, -0.05) is 24.3 Å². The number of primary amides is 1. The number of rotatable bonds is 2. The van der Waals surface area contributed by atoms with E-state index >= 15 is 0 Å². The fraction of sp³-hybridized carbons (Fsp3) is 0.235. The second-order valence-electron chi connectivity index (χ2n) is 5.40. The Balaban J connectivity index is 1.91. The normalized spacial score (nSPS) is 14.4. The minimum absolute atomic E-state index is 0.431. The molecule has 0 aromatic heterocycles. The van der Waals surface area contributed by atoms with Crippen molar-refractivity contribution < 1.29 is 4.79 Å². The zero-order chi connectivity index (χ0) is 14.8. The molecular formula is C17H19N3O. The van der Waals surface area contributed by atoms with Crippen LogP contribution in [-0.2, 0) is 12.8 Å². The second-order valence-corrected chi connectivity index (χ2v) is 5.40. The molecule has 4 nitrogen and oxygen atoms in total. The van der Waals surface area contributed by atoms with Crippen LogP contribution in [-0.4, -0.2) is 19.0 Å². The van der Waals surface area contributed by atoms with Crippen LogP contribution in [0.3, 0.4) is 0 Å². The summed E-state index contributed by atoms with van der Waals surface area (Å²) in [6.45, 7) is 1.75. The van der Waals surface area contributed by atoms with Crippen LogP contribution in [0.4, 0.5) is 11.4 Å². The minimum Gasteiger partial charge on any atom is -0.399 e. The first-order valence-corrected chi connectivity index (χ1v) is 7.16. The van der Waals surface area contributed by atoms with Gasteiger partial charge in [0.25, 0.3) is 5.91 Å². The number of carbonyl (C=O) groups is 1. The maximum Gasteiger partial charge on any atom is 0.250 e. The van der Waals surface area contributed by atoms with Gasteiger partial charge in [-0.15, -0.1) is 0 Å². The van der Waals surface area contributed by atoms with Crippen LogP contribution in [0.5, 0.6) is 0 Å². The van der Waals surface area contributed by atoms with Crippen molar-refractivity contribution in [1.82, 2.24) is 0 Å². The van der Waals surface area contributed by atoms with Crippen LogP contribution >= 0.6 is 0 Å². The van der Waals surface area contributed by atoms with E-state index in [1.165, 1.54) is 11.1 Å². The van der Waals surface area contributed by atoms with Gasteiger partial charge in [0.1, 0.15) is 0 Å². The molecule has 2 aromatic carbocycles. The molecule has 0 unspecified atom stereocenters. The molecule has 4 N–H and O–H groups in total. The van der Waals surface area contributed by atoms with E-state index in [0.29, 0.717) is 11.3 Å². The van der Waals surface area contributed by atoms with E-state index in [1.807, 2.05) is 12.1 Å². The number of hydrogen-bond donors (Lipinski definition) is 2. The first-order valence-electron chi connectivity index (χ1n) is 7.16. The van der Waals surface area contributed by atoms with Crippen LogP contribution in [0.2, 0.25) is 0 Å². The standard InChI is InChI=1S/C17H19N3O/c18-14-5-6-16(15(11-14)17(19)21)20-9-7-12-3-1-2-4-13(12)8-10-20/h1-6,11H,7-10,18H2,(H2,19,21). The van der Waals surface area contributed by atoms with E-state index in [1.54, 1.807) is 6.07 Å². The van der Waals surface area contributed by atoms with Crippen molar-refractivity contribution in [2.45, 2.75) is 12.8 Å². The Bertz CT molecular complexity index is 654. The summed E-state index contributed by atoms with van der Waals surface area (Å²) in [7, 11) is 0. The van der Waals surface area contributed by atoms with E-state index < -0.39 is 5.91 Å². The number of nitrogen functional groups attached to an aromatic ring is 1. The maximum absolute atomic E-state index is 11.7. The Kier molecular flexibility index (Phi) is 3.52. The highest BCUT2D eigenvalue weighted by Gasteiger charge is 2.18. The highest BCUT2D eigenvalue weighted by Crippen LogP contribution is 2.26. The average Bonchev–Trinajstić information content (AvgIpc) is 2.70. The van der Waals surface area contributed by atoms with Crippen LogP contribution in [0, 0.1) is 0 Å². The summed E-state index contributed by atoms with van der Waals surface area (Å²) < 4.78 is 0. The molecule has 0 spiro atoms. The summed E-state index contributed by atoms with van der Waals surface area (Å²) in [5.41, 5.74) is 16.0. The molecule has 0 fully saturated rings. The van der Waals surface area contributed by atoms with Crippen molar-refractivity contribution >= 4 is 17.3 Å². The van der Waals surface area contributed by atoms with Crippen molar-refractivity contribution in [2.24, 2.45) is 5.73 Å². The number of anilines is 2. The molecule has 0 bridgehead atoms. The number of hydrogen-bond acceptors (Lipinski definition) is 3. The molecule has 0 saturated heterocycles. The van der Waals surface area contributed by atoms with Crippen LogP contribution in [0.15, 0.2) is 42.5 Å². The number of benzene rings is 2. The molecule has 0 radical (unpaired) electrons. The van der Waals surface area contributed by atoms with E-state index in [0.717, 1.165) is 31.6 Å².